The van der Waals surface area contributed by atoms with Crippen LogP contribution in [-0.2, 0) is 17.7 Å². The van der Waals surface area contributed by atoms with E-state index in [-0.39, 0.29) is 0 Å². The lowest BCUT2D eigenvalue weighted by Crippen LogP contribution is -2.07. The molecule has 0 radical (unpaired) electrons. The van der Waals surface area contributed by atoms with Gasteiger partial charge in [-0.1, -0.05) is 18.2 Å². The van der Waals surface area contributed by atoms with Crippen molar-refractivity contribution in [2.45, 2.75) is 19.4 Å². The van der Waals surface area contributed by atoms with Crippen LogP contribution in [0.1, 0.15) is 11.4 Å². The molecule has 0 saturated carbocycles. The average Bonchev–Trinajstić information content (AvgIpc) is 3.28. The molecule has 0 amide bonds. The summed E-state index contributed by atoms with van der Waals surface area (Å²) in [6.45, 7) is 2.11. The summed E-state index contributed by atoms with van der Waals surface area (Å²) in [6, 6.07) is 7.99. The van der Waals surface area contributed by atoms with Crippen molar-refractivity contribution in [3.05, 3.63) is 47.2 Å². The van der Waals surface area contributed by atoms with Crippen LogP contribution in [0.15, 0.2) is 42.2 Å². The molecule has 3 aromatic heterocycles. The van der Waals surface area contributed by atoms with Crippen LogP contribution in [0.3, 0.4) is 0 Å². The molecule has 3 heterocycles. The van der Waals surface area contributed by atoms with Gasteiger partial charge in [-0.3, -0.25) is 0 Å². The smallest absolute Gasteiger partial charge is 0.152 e. The van der Waals surface area contributed by atoms with Crippen LogP contribution in [0.2, 0.25) is 0 Å². The van der Waals surface area contributed by atoms with E-state index < -0.39 is 0 Å². The van der Waals surface area contributed by atoms with Crippen molar-refractivity contribution < 1.29 is 4.74 Å². The minimum Gasteiger partial charge on any atom is -0.382 e. The topological polar surface area (TPSA) is 78.8 Å². The standard InChI is InChI=1S/C18H19N5OS/c19-18-16-17(13-4-1-2-5-14(13)22-18)23(12-21-16)8-10-24-9-3-6-15-20-7-11-25-15/h1-2,4-5,7,11-12H,3,6,8-10H2,(H2,19,22). The Labute approximate surface area is 149 Å². The number of para-hydroxylation sites is 1. The molecule has 1 aromatic carbocycles. The van der Waals surface area contributed by atoms with Gasteiger partial charge in [0, 0.05) is 36.5 Å². The number of nitrogens with two attached hydrogens (primary N) is 1. The van der Waals surface area contributed by atoms with E-state index in [4.69, 9.17) is 10.5 Å². The molecule has 7 heteroatoms. The van der Waals surface area contributed by atoms with Crippen molar-refractivity contribution in [2.24, 2.45) is 0 Å². The van der Waals surface area contributed by atoms with Crippen LogP contribution < -0.4 is 5.73 Å². The first-order chi connectivity index (χ1) is 12.3. The van der Waals surface area contributed by atoms with E-state index >= 15 is 0 Å². The second-order valence-corrected chi connectivity index (χ2v) is 6.77. The van der Waals surface area contributed by atoms with Crippen LogP contribution in [0, 0.1) is 0 Å². The van der Waals surface area contributed by atoms with Crippen LogP contribution in [0.5, 0.6) is 0 Å². The first kappa shape index (κ1) is 16.0. The van der Waals surface area contributed by atoms with E-state index in [0.717, 1.165) is 47.9 Å². The Bertz CT molecular complexity index is 980. The van der Waals surface area contributed by atoms with Crippen LogP contribution in [-0.4, -0.2) is 32.7 Å². The summed E-state index contributed by atoms with van der Waals surface area (Å²) in [5.74, 6) is 0.469. The predicted molar refractivity (Wildman–Crippen MR) is 101 cm³/mol. The average molecular weight is 353 g/mol. The zero-order valence-electron chi connectivity index (χ0n) is 13.8. The number of hydrogen-bond donors (Lipinski definition) is 1. The van der Waals surface area contributed by atoms with Crippen molar-refractivity contribution in [2.75, 3.05) is 18.9 Å². The number of anilines is 1. The molecule has 0 bridgehead atoms. The Morgan fingerprint density at radius 3 is 2.96 bits per heavy atom. The summed E-state index contributed by atoms with van der Waals surface area (Å²) in [5, 5.41) is 4.23. The molecule has 25 heavy (non-hydrogen) atoms. The Balaban J connectivity index is 1.41. The lowest BCUT2D eigenvalue weighted by atomic mass is 10.2. The molecule has 2 N–H and O–H groups in total. The molecule has 0 aliphatic carbocycles. The van der Waals surface area contributed by atoms with Gasteiger partial charge in [0.1, 0.15) is 5.52 Å². The van der Waals surface area contributed by atoms with Gasteiger partial charge in [0.15, 0.2) is 5.82 Å². The maximum absolute atomic E-state index is 6.05. The number of thiazole rings is 1. The number of ether oxygens (including phenoxy) is 1. The number of nitrogens with zero attached hydrogens (tertiary/aromatic N) is 4. The number of nitrogen functional groups attached to an aromatic ring is 1. The van der Waals surface area contributed by atoms with Crippen molar-refractivity contribution in [3.63, 3.8) is 0 Å². The molecule has 0 unspecified atom stereocenters. The molecule has 0 spiro atoms. The van der Waals surface area contributed by atoms with Crippen molar-refractivity contribution in [3.8, 4) is 0 Å². The van der Waals surface area contributed by atoms with Gasteiger partial charge in [0.25, 0.3) is 0 Å². The third-order valence-corrected chi connectivity index (χ3v) is 4.96. The maximum atomic E-state index is 6.05. The van der Waals surface area contributed by atoms with Gasteiger partial charge in [0.2, 0.25) is 0 Å². The Hall–Kier alpha value is -2.51. The first-order valence-corrected chi connectivity index (χ1v) is 9.16. The number of pyridine rings is 1. The Kier molecular flexibility index (Phi) is 4.58. The van der Waals surface area contributed by atoms with E-state index in [1.54, 1.807) is 11.3 Å². The summed E-state index contributed by atoms with van der Waals surface area (Å²) in [7, 11) is 0. The molecule has 0 aliphatic heterocycles. The van der Waals surface area contributed by atoms with Gasteiger partial charge in [0.05, 0.1) is 29.0 Å². The minimum absolute atomic E-state index is 0.469. The highest BCUT2D eigenvalue weighted by molar-refractivity contribution is 7.09. The largest absolute Gasteiger partial charge is 0.382 e. The van der Waals surface area contributed by atoms with Crippen molar-refractivity contribution >= 4 is 39.1 Å². The highest BCUT2D eigenvalue weighted by atomic mass is 32.1. The van der Waals surface area contributed by atoms with Gasteiger partial charge in [-0.05, 0) is 12.5 Å². The second kappa shape index (κ2) is 7.16. The molecule has 0 aliphatic rings. The van der Waals surface area contributed by atoms with Gasteiger partial charge >= 0.3 is 0 Å². The maximum Gasteiger partial charge on any atom is 0.152 e. The van der Waals surface area contributed by atoms with E-state index in [1.165, 1.54) is 5.01 Å². The monoisotopic (exact) mass is 353 g/mol. The zero-order chi connectivity index (χ0) is 17.1. The van der Waals surface area contributed by atoms with E-state index in [9.17, 15) is 0 Å². The molecule has 0 fully saturated rings. The molecule has 4 rings (SSSR count). The normalized spacial score (nSPS) is 11.5. The molecule has 4 aromatic rings. The fraction of sp³-hybridized carbons (Fsp3) is 0.278. The predicted octanol–water partition coefficient (Wildman–Crippen LogP) is 3.27. The number of rotatable bonds is 7. The van der Waals surface area contributed by atoms with Gasteiger partial charge in [-0.2, -0.15) is 0 Å². The fourth-order valence-electron chi connectivity index (χ4n) is 2.94. The summed E-state index contributed by atoms with van der Waals surface area (Å²) in [5.41, 5.74) is 8.72. The summed E-state index contributed by atoms with van der Waals surface area (Å²) >= 11 is 1.69. The number of fused-ring (bicyclic) bond motifs is 3. The molecule has 6 nitrogen and oxygen atoms in total. The zero-order valence-corrected chi connectivity index (χ0v) is 14.6. The van der Waals surface area contributed by atoms with Gasteiger partial charge < -0.3 is 15.0 Å². The van der Waals surface area contributed by atoms with Gasteiger partial charge in [-0.15, -0.1) is 11.3 Å². The van der Waals surface area contributed by atoms with E-state index in [0.29, 0.717) is 12.4 Å². The highest BCUT2D eigenvalue weighted by Gasteiger charge is 2.11. The molecule has 128 valence electrons. The number of aromatic nitrogens is 4. The highest BCUT2D eigenvalue weighted by Crippen LogP contribution is 2.26. The third kappa shape index (κ3) is 3.33. The lowest BCUT2D eigenvalue weighted by Gasteiger charge is -2.08. The molecular weight excluding hydrogens is 334 g/mol. The number of aryl methyl sites for hydroxylation is 1. The fourth-order valence-corrected chi connectivity index (χ4v) is 3.61. The summed E-state index contributed by atoms with van der Waals surface area (Å²) in [4.78, 5) is 13.1. The summed E-state index contributed by atoms with van der Waals surface area (Å²) < 4.78 is 7.87. The summed E-state index contributed by atoms with van der Waals surface area (Å²) in [6.07, 6.45) is 5.61. The number of imidazole rings is 1. The van der Waals surface area contributed by atoms with E-state index in [1.807, 2.05) is 36.1 Å². The van der Waals surface area contributed by atoms with Crippen molar-refractivity contribution in [1.82, 2.24) is 19.5 Å². The second-order valence-electron chi connectivity index (χ2n) is 5.79. The van der Waals surface area contributed by atoms with Crippen LogP contribution >= 0.6 is 11.3 Å². The number of hydrogen-bond acceptors (Lipinski definition) is 6. The Morgan fingerprint density at radius 2 is 2.08 bits per heavy atom. The van der Waals surface area contributed by atoms with Crippen LogP contribution in [0.4, 0.5) is 5.82 Å². The molecule has 0 atom stereocenters. The minimum atomic E-state index is 0.469. The molecular formula is C18H19N5OS. The SMILES string of the molecule is Nc1nc2ccccc2c2c1ncn2CCOCCCc1nccs1. The van der Waals surface area contributed by atoms with Crippen molar-refractivity contribution in [1.29, 1.82) is 0 Å². The Morgan fingerprint density at radius 1 is 1.16 bits per heavy atom. The number of benzene rings is 1. The van der Waals surface area contributed by atoms with Crippen LogP contribution in [0.25, 0.3) is 21.9 Å². The molecule has 0 saturated heterocycles. The quantitative estimate of drug-likeness (QED) is 0.516. The third-order valence-electron chi connectivity index (χ3n) is 4.12. The van der Waals surface area contributed by atoms with E-state index in [2.05, 4.69) is 25.6 Å². The first-order valence-electron chi connectivity index (χ1n) is 8.28. The van der Waals surface area contributed by atoms with Gasteiger partial charge in [-0.25, -0.2) is 15.0 Å². The lowest BCUT2D eigenvalue weighted by molar-refractivity contribution is 0.125.